The van der Waals surface area contributed by atoms with Gasteiger partial charge in [0.1, 0.15) is 6.10 Å². The minimum Gasteiger partial charge on any atom is -0.479 e. The van der Waals surface area contributed by atoms with Gasteiger partial charge in [0.05, 0.1) is 11.9 Å². The van der Waals surface area contributed by atoms with Crippen LogP contribution in [0.25, 0.3) is 0 Å². The number of carboxylic acids is 1. The maximum absolute atomic E-state index is 11.7. The summed E-state index contributed by atoms with van der Waals surface area (Å²) >= 11 is 0. The number of amides is 1. The number of carbonyl (C=O) groups excluding carboxylic acids is 1. The maximum Gasteiger partial charge on any atom is 0.331 e. The van der Waals surface area contributed by atoms with Gasteiger partial charge in [-0.05, 0) is 27.7 Å². The van der Waals surface area contributed by atoms with E-state index in [1.165, 1.54) is 30.9 Å². The van der Waals surface area contributed by atoms with Crippen molar-refractivity contribution < 1.29 is 19.4 Å². The minimum atomic E-state index is -1.17. The van der Waals surface area contributed by atoms with E-state index in [1.54, 1.807) is 13.8 Å². The van der Waals surface area contributed by atoms with Crippen molar-refractivity contribution in [2.24, 2.45) is 0 Å². The van der Waals surface area contributed by atoms with E-state index in [-0.39, 0.29) is 5.91 Å². The Balaban J connectivity index is 2.76. The molecule has 1 atom stereocenters. The van der Waals surface area contributed by atoms with E-state index in [1.807, 2.05) is 0 Å². The van der Waals surface area contributed by atoms with Gasteiger partial charge >= 0.3 is 5.97 Å². The summed E-state index contributed by atoms with van der Waals surface area (Å²) in [6, 6.07) is 0. The van der Waals surface area contributed by atoms with Crippen LogP contribution in [0.3, 0.4) is 0 Å². The molecule has 0 aliphatic carbocycles. The zero-order chi connectivity index (χ0) is 14.6. The predicted octanol–water partition coefficient (Wildman–Crippen LogP) is 1.07. The molecule has 1 heterocycles. The Morgan fingerprint density at radius 3 is 2.74 bits per heavy atom. The number of nitrogens with zero attached hydrogens (tertiary/aromatic N) is 2. The number of hydrogen-bond donors (Lipinski definition) is 2. The highest BCUT2D eigenvalue weighted by molar-refractivity contribution is 5.93. The minimum absolute atomic E-state index is 0.297. The number of anilines is 1. The van der Waals surface area contributed by atoms with Crippen LogP contribution in [0, 0.1) is 0 Å². The van der Waals surface area contributed by atoms with Crippen LogP contribution >= 0.6 is 0 Å². The van der Waals surface area contributed by atoms with E-state index in [9.17, 15) is 9.59 Å². The van der Waals surface area contributed by atoms with Crippen molar-refractivity contribution in [2.45, 2.75) is 39.3 Å². The number of carbonyl (C=O) groups is 2. The lowest BCUT2D eigenvalue weighted by Gasteiger charge is -2.19. The van der Waals surface area contributed by atoms with Gasteiger partial charge in [0.25, 0.3) is 5.91 Å². The van der Waals surface area contributed by atoms with Crippen molar-refractivity contribution >= 4 is 17.6 Å². The van der Waals surface area contributed by atoms with E-state index >= 15 is 0 Å². The van der Waals surface area contributed by atoms with Crippen LogP contribution in [0.4, 0.5) is 5.69 Å². The Labute approximate surface area is 111 Å². The monoisotopic (exact) mass is 269 g/mol. The number of aromatic nitrogens is 2. The van der Waals surface area contributed by atoms with Crippen molar-refractivity contribution in [2.75, 3.05) is 11.9 Å². The lowest BCUT2D eigenvalue weighted by atomic mass is 10.1. The zero-order valence-electron chi connectivity index (χ0n) is 11.5. The average molecular weight is 269 g/mol. The van der Waals surface area contributed by atoms with Crippen LogP contribution in [-0.2, 0) is 19.9 Å². The smallest absolute Gasteiger partial charge is 0.331 e. The fraction of sp³-hybridized carbons (Fsp3) is 0.583. The van der Waals surface area contributed by atoms with Gasteiger partial charge < -0.3 is 15.2 Å². The molecule has 2 N–H and O–H groups in total. The van der Waals surface area contributed by atoms with Gasteiger partial charge in [0, 0.05) is 12.8 Å². The third-order valence-electron chi connectivity index (χ3n) is 2.73. The first-order chi connectivity index (χ1) is 8.78. The van der Waals surface area contributed by atoms with Crippen molar-refractivity contribution in [1.29, 1.82) is 0 Å². The summed E-state index contributed by atoms with van der Waals surface area (Å²) in [6.45, 7) is 6.94. The van der Waals surface area contributed by atoms with Crippen LogP contribution in [0.1, 0.15) is 27.7 Å². The number of ether oxygens (including phenoxy) is 1. The van der Waals surface area contributed by atoms with Crippen LogP contribution in [0.2, 0.25) is 0 Å². The number of rotatable bonds is 6. The standard InChI is InChI=1S/C12H19N3O4/c1-5-19-8(2)10(16)14-9-6-13-15(7-9)12(3,4)11(17)18/h6-8H,5H2,1-4H3,(H,14,16)(H,17,18). The summed E-state index contributed by atoms with van der Waals surface area (Å²) in [5.41, 5.74) is -0.736. The summed E-state index contributed by atoms with van der Waals surface area (Å²) in [6.07, 6.45) is 2.31. The molecule has 0 spiro atoms. The van der Waals surface area contributed by atoms with E-state index < -0.39 is 17.6 Å². The molecule has 0 fully saturated rings. The molecule has 1 amide bonds. The molecular formula is C12H19N3O4. The molecule has 0 bridgehead atoms. The largest absolute Gasteiger partial charge is 0.479 e. The first kappa shape index (κ1) is 15.2. The molecule has 7 nitrogen and oxygen atoms in total. The molecule has 1 aromatic rings. The van der Waals surface area contributed by atoms with E-state index in [0.717, 1.165) is 0 Å². The van der Waals surface area contributed by atoms with Crippen molar-refractivity contribution in [3.8, 4) is 0 Å². The second-order valence-electron chi connectivity index (χ2n) is 4.62. The topological polar surface area (TPSA) is 93.5 Å². The van der Waals surface area contributed by atoms with Crippen molar-refractivity contribution in [1.82, 2.24) is 9.78 Å². The van der Waals surface area contributed by atoms with Gasteiger partial charge in [0.15, 0.2) is 5.54 Å². The normalized spacial score (nSPS) is 13.1. The lowest BCUT2D eigenvalue weighted by Crippen LogP contribution is -2.36. The Hall–Kier alpha value is -1.89. The van der Waals surface area contributed by atoms with E-state index in [4.69, 9.17) is 9.84 Å². The summed E-state index contributed by atoms with van der Waals surface area (Å²) in [7, 11) is 0. The molecule has 1 aromatic heterocycles. The third kappa shape index (κ3) is 3.54. The molecule has 19 heavy (non-hydrogen) atoms. The van der Waals surface area contributed by atoms with Gasteiger partial charge in [-0.3, -0.25) is 9.48 Å². The average Bonchev–Trinajstić information content (AvgIpc) is 2.78. The number of carboxylic acid groups (broad SMARTS) is 1. The second kappa shape index (κ2) is 5.83. The van der Waals surface area contributed by atoms with Crippen LogP contribution in [-0.4, -0.2) is 39.5 Å². The molecule has 0 saturated carbocycles. The van der Waals surface area contributed by atoms with Gasteiger partial charge in [-0.1, -0.05) is 0 Å². The summed E-state index contributed by atoms with van der Waals surface area (Å²) in [4.78, 5) is 22.8. The van der Waals surface area contributed by atoms with Gasteiger partial charge in [0.2, 0.25) is 0 Å². The molecule has 1 rings (SSSR count). The Morgan fingerprint density at radius 2 is 2.21 bits per heavy atom. The van der Waals surface area contributed by atoms with Crippen LogP contribution in [0.15, 0.2) is 12.4 Å². The summed E-state index contributed by atoms with van der Waals surface area (Å²) in [5.74, 6) is -1.30. The third-order valence-corrected chi connectivity index (χ3v) is 2.73. The Morgan fingerprint density at radius 1 is 1.58 bits per heavy atom. The number of hydrogen-bond acceptors (Lipinski definition) is 4. The highest BCUT2D eigenvalue weighted by Crippen LogP contribution is 2.17. The second-order valence-corrected chi connectivity index (χ2v) is 4.62. The summed E-state index contributed by atoms with van der Waals surface area (Å²) < 4.78 is 6.44. The number of nitrogens with one attached hydrogen (secondary N) is 1. The van der Waals surface area contributed by atoms with E-state index in [2.05, 4.69) is 10.4 Å². The summed E-state index contributed by atoms with van der Waals surface area (Å²) in [5, 5.41) is 15.6. The first-order valence-corrected chi connectivity index (χ1v) is 6.00. The predicted molar refractivity (Wildman–Crippen MR) is 68.9 cm³/mol. The zero-order valence-corrected chi connectivity index (χ0v) is 11.5. The van der Waals surface area contributed by atoms with Crippen molar-refractivity contribution in [3.63, 3.8) is 0 Å². The lowest BCUT2D eigenvalue weighted by molar-refractivity contribution is -0.146. The van der Waals surface area contributed by atoms with Crippen LogP contribution < -0.4 is 5.32 Å². The van der Waals surface area contributed by atoms with Gasteiger partial charge in [-0.25, -0.2) is 4.79 Å². The molecule has 0 aliphatic heterocycles. The quantitative estimate of drug-likeness (QED) is 0.805. The number of aliphatic carboxylic acids is 1. The fourth-order valence-electron chi connectivity index (χ4n) is 1.36. The molecule has 106 valence electrons. The highest BCUT2D eigenvalue weighted by atomic mass is 16.5. The Bertz CT molecular complexity index is 467. The first-order valence-electron chi connectivity index (χ1n) is 6.00. The SMILES string of the molecule is CCOC(C)C(=O)Nc1cnn(C(C)(C)C(=O)O)c1. The highest BCUT2D eigenvalue weighted by Gasteiger charge is 2.30. The molecular weight excluding hydrogens is 250 g/mol. The van der Waals surface area contributed by atoms with Gasteiger partial charge in [-0.15, -0.1) is 0 Å². The van der Waals surface area contributed by atoms with Crippen molar-refractivity contribution in [3.05, 3.63) is 12.4 Å². The molecule has 7 heteroatoms. The molecule has 0 aromatic carbocycles. The van der Waals surface area contributed by atoms with E-state index in [0.29, 0.717) is 12.3 Å². The maximum atomic E-state index is 11.7. The van der Waals surface area contributed by atoms with Crippen LogP contribution in [0.5, 0.6) is 0 Å². The molecule has 0 aliphatic rings. The fourth-order valence-corrected chi connectivity index (χ4v) is 1.36. The molecule has 1 unspecified atom stereocenters. The van der Waals surface area contributed by atoms with Gasteiger partial charge in [-0.2, -0.15) is 5.10 Å². The Kier molecular flexibility index (Phi) is 4.66. The molecule has 0 saturated heterocycles. The molecule has 0 radical (unpaired) electrons.